The lowest BCUT2D eigenvalue weighted by Gasteiger charge is -2.22. The highest BCUT2D eigenvalue weighted by molar-refractivity contribution is 5.27. The SMILES string of the molecule is OC1=CCC2=C(CCCC2)C1. The first-order valence-corrected chi connectivity index (χ1v) is 4.44. The molecule has 2 aliphatic carbocycles. The summed E-state index contributed by atoms with van der Waals surface area (Å²) >= 11 is 0. The van der Waals surface area contributed by atoms with E-state index in [1.165, 1.54) is 31.3 Å². The van der Waals surface area contributed by atoms with E-state index in [1.54, 1.807) is 5.57 Å². The molecule has 0 aromatic carbocycles. The summed E-state index contributed by atoms with van der Waals surface area (Å²) in [6.07, 6.45) is 9.01. The van der Waals surface area contributed by atoms with Gasteiger partial charge in [0.1, 0.15) is 0 Å². The van der Waals surface area contributed by atoms with Crippen molar-refractivity contribution in [3.8, 4) is 0 Å². The molecule has 2 aliphatic rings. The third-order valence-corrected chi connectivity index (χ3v) is 2.69. The molecule has 60 valence electrons. The number of aliphatic hydroxyl groups excluding tert-OH is 1. The van der Waals surface area contributed by atoms with Crippen molar-refractivity contribution in [1.29, 1.82) is 0 Å². The van der Waals surface area contributed by atoms with Gasteiger partial charge in [-0.2, -0.15) is 0 Å². The lowest BCUT2D eigenvalue weighted by atomic mass is 9.85. The van der Waals surface area contributed by atoms with Gasteiger partial charge in [-0.25, -0.2) is 0 Å². The average molecular weight is 150 g/mol. The van der Waals surface area contributed by atoms with Gasteiger partial charge in [0, 0.05) is 6.42 Å². The van der Waals surface area contributed by atoms with Gasteiger partial charge in [-0.15, -0.1) is 0 Å². The largest absolute Gasteiger partial charge is 0.512 e. The zero-order valence-corrected chi connectivity index (χ0v) is 6.77. The maximum absolute atomic E-state index is 9.28. The molecule has 1 nitrogen and oxygen atoms in total. The molecule has 0 radical (unpaired) electrons. The van der Waals surface area contributed by atoms with Crippen LogP contribution in [0.15, 0.2) is 23.0 Å². The minimum absolute atomic E-state index is 0.589. The minimum atomic E-state index is 0.589. The van der Waals surface area contributed by atoms with E-state index in [0.29, 0.717) is 5.76 Å². The Hall–Kier alpha value is -0.720. The highest BCUT2D eigenvalue weighted by Crippen LogP contribution is 2.34. The fraction of sp³-hybridized carbons (Fsp3) is 0.600. The van der Waals surface area contributed by atoms with E-state index >= 15 is 0 Å². The second-order valence-electron chi connectivity index (χ2n) is 3.49. The summed E-state index contributed by atoms with van der Waals surface area (Å²) in [7, 11) is 0. The molecule has 0 aliphatic heterocycles. The Morgan fingerprint density at radius 2 is 1.82 bits per heavy atom. The molecule has 0 aromatic heterocycles. The van der Waals surface area contributed by atoms with Crippen molar-refractivity contribution in [2.24, 2.45) is 0 Å². The first kappa shape index (κ1) is 6.96. The van der Waals surface area contributed by atoms with E-state index in [-0.39, 0.29) is 0 Å². The van der Waals surface area contributed by atoms with Crippen LogP contribution in [0.25, 0.3) is 0 Å². The Morgan fingerprint density at radius 3 is 2.64 bits per heavy atom. The van der Waals surface area contributed by atoms with E-state index in [4.69, 9.17) is 0 Å². The molecule has 1 heteroatoms. The van der Waals surface area contributed by atoms with Crippen molar-refractivity contribution < 1.29 is 5.11 Å². The summed E-state index contributed by atoms with van der Waals surface area (Å²) in [5.41, 5.74) is 3.13. The maximum Gasteiger partial charge on any atom is 0.0926 e. The number of hydrogen-bond acceptors (Lipinski definition) is 1. The zero-order chi connectivity index (χ0) is 7.68. The van der Waals surface area contributed by atoms with Crippen LogP contribution in [0.5, 0.6) is 0 Å². The molecule has 0 heterocycles. The number of aliphatic hydroxyl groups is 1. The fourth-order valence-corrected chi connectivity index (χ4v) is 2.02. The normalized spacial score (nSPS) is 24.5. The Labute approximate surface area is 67.4 Å². The summed E-state index contributed by atoms with van der Waals surface area (Å²) in [6, 6.07) is 0. The maximum atomic E-state index is 9.28. The van der Waals surface area contributed by atoms with Gasteiger partial charge in [-0.05, 0) is 38.2 Å². The van der Waals surface area contributed by atoms with Crippen molar-refractivity contribution in [3.05, 3.63) is 23.0 Å². The summed E-state index contributed by atoms with van der Waals surface area (Å²) in [5.74, 6) is 0.589. The van der Waals surface area contributed by atoms with Crippen molar-refractivity contribution in [3.63, 3.8) is 0 Å². The minimum Gasteiger partial charge on any atom is -0.512 e. The van der Waals surface area contributed by atoms with E-state index in [0.717, 1.165) is 12.8 Å². The Morgan fingerprint density at radius 1 is 1.09 bits per heavy atom. The molecule has 0 unspecified atom stereocenters. The zero-order valence-electron chi connectivity index (χ0n) is 6.77. The van der Waals surface area contributed by atoms with Crippen molar-refractivity contribution in [1.82, 2.24) is 0 Å². The van der Waals surface area contributed by atoms with Crippen molar-refractivity contribution in [2.75, 3.05) is 0 Å². The molecule has 2 rings (SSSR count). The first-order chi connectivity index (χ1) is 5.36. The van der Waals surface area contributed by atoms with Gasteiger partial charge in [0.05, 0.1) is 5.76 Å². The smallest absolute Gasteiger partial charge is 0.0926 e. The molecular formula is C10H14O. The van der Waals surface area contributed by atoms with Crippen LogP contribution < -0.4 is 0 Å². The van der Waals surface area contributed by atoms with Crippen LogP contribution in [-0.2, 0) is 0 Å². The molecule has 1 N–H and O–H groups in total. The van der Waals surface area contributed by atoms with Gasteiger partial charge in [-0.1, -0.05) is 11.1 Å². The van der Waals surface area contributed by atoms with E-state index in [2.05, 4.69) is 0 Å². The monoisotopic (exact) mass is 150 g/mol. The van der Waals surface area contributed by atoms with Gasteiger partial charge >= 0.3 is 0 Å². The molecule has 0 amide bonds. The molecule has 0 spiro atoms. The van der Waals surface area contributed by atoms with Crippen LogP contribution in [0.4, 0.5) is 0 Å². The highest BCUT2D eigenvalue weighted by Gasteiger charge is 2.16. The summed E-state index contributed by atoms with van der Waals surface area (Å²) in [6.45, 7) is 0. The Balaban J connectivity index is 2.16. The molecule has 0 atom stereocenters. The molecule has 0 fully saturated rings. The molecule has 0 aromatic rings. The van der Waals surface area contributed by atoms with Crippen LogP contribution in [0, 0.1) is 0 Å². The summed E-state index contributed by atoms with van der Waals surface area (Å²) < 4.78 is 0. The molecule has 11 heavy (non-hydrogen) atoms. The van der Waals surface area contributed by atoms with Gasteiger partial charge < -0.3 is 5.11 Å². The first-order valence-electron chi connectivity index (χ1n) is 4.44. The molecule has 0 saturated carbocycles. The predicted octanol–water partition coefficient (Wildman–Crippen LogP) is 3.09. The Bertz CT molecular complexity index is 223. The van der Waals surface area contributed by atoms with E-state index < -0.39 is 0 Å². The van der Waals surface area contributed by atoms with E-state index in [1.807, 2.05) is 6.08 Å². The van der Waals surface area contributed by atoms with Crippen LogP contribution >= 0.6 is 0 Å². The van der Waals surface area contributed by atoms with Crippen LogP contribution in [0.1, 0.15) is 38.5 Å². The number of hydrogen-bond donors (Lipinski definition) is 1. The third-order valence-electron chi connectivity index (χ3n) is 2.69. The average Bonchev–Trinajstić information content (AvgIpc) is 2.04. The van der Waals surface area contributed by atoms with Crippen LogP contribution in [0.3, 0.4) is 0 Å². The topological polar surface area (TPSA) is 20.2 Å². The third kappa shape index (κ3) is 1.32. The molecule has 0 bridgehead atoms. The summed E-state index contributed by atoms with van der Waals surface area (Å²) in [4.78, 5) is 0. The Kier molecular flexibility index (Phi) is 1.72. The van der Waals surface area contributed by atoms with Gasteiger partial charge in [0.15, 0.2) is 0 Å². The number of rotatable bonds is 0. The predicted molar refractivity (Wildman–Crippen MR) is 45.4 cm³/mol. The standard InChI is InChI=1S/C10H14O/c11-10-6-5-8-3-1-2-4-9(8)7-10/h6,11H,1-5,7H2. The highest BCUT2D eigenvalue weighted by atomic mass is 16.3. The van der Waals surface area contributed by atoms with Crippen molar-refractivity contribution >= 4 is 0 Å². The van der Waals surface area contributed by atoms with Gasteiger partial charge in [0.25, 0.3) is 0 Å². The van der Waals surface area contributed by atoms with Gasteiger partial charge in [0.2, 0.25) is 0 Å². The second kappa shape index (κ2) is 2.72. The quantitative estimate of drug-likeness (QED) is 0.526. The second-order valence-corrected chi connectivity index (χ2v) is 3.49. The summed E-state index contributed by atoms with van der Waals surface area (Å²) in [5, 5.41) is 9.28. The molecular weight excluding hydrogens is 136 g/mol. The lowest BCUT2D eigenvalue weighted by Crippen LogP contribution is -2.04. The van der Waals surface area contributed by atoms with Crippen molar-refractivity contribution in [2.45, 2.75) is 38.5 Å². The number of allylic oxidation sites excluding steroid dienone is 3. The van der Waals surface area contributed by atoms with Crippen LogP contribution in [-0.4, -0.2) is 5.11 Å². The fourth-order valence-electron chi connectivity index (χ4n) is 2.02. The van der Waals surface area contributed by atoms with Gasteiger partial charge in [-0.3, -0.25) is 0 Å². The van der Waals surface area contributed by atoms with Crippen LogP contribution in [0.2, 0.25) is 0 Å². The molecule has 0 saturated heterocycles. The van der Waals surface area contributed by atoms with E-state index in [9.17, 15) is 5.11 Å². The lowest BCUT2D eigenvalue weighted by molar-refractivity contribution is 0.386.